The largest absolute Gasteiger partial charge is 0.352 e. The Morgan fingerprint density at radius 3 is 2.18 bits per heavy atom. The lowest BCUT2D eigenvalue weighted by molar-refractivity contribution is -0.119. The van der Waals surface area contributed by atoms with E-state index in [0.29, 0.717) is 12.1 Å². The topological polar surface area (TPSA) is 58.2 Å². The highest BCUT2D eigenvalue weighted by Crippen LogP contribution is 2.18. The molecule has 2 aromatic carbocycles. The van der Waals surface area contributed by atoms with Crippen LogP contribution in [-0.4, -0.2) is 18.1 Å². The lowest BCUT2D eigenvalue weighted by Crippen LogP contribution is -2.19. The Balaban J connectivity index is 1.98. The van der Waals surface area contributed by atoms with Gasteiger partial charge >= 0.3 is 0 Å². The van der Waals surface area contributed by atoms with Gasteiger partial charge in [0, 0.05) is 29.6 Å². The van der Waals surface area contributed by atoms with Gasteiger partial charge in [0.25, 0.3) is 5.91 Å². The monoisotopic (exact) mass is 314 g/mol. The molecule has 0 heterocycles. The minimum Gasteiger partial charge on any atom is -0.352 e. The number of thioether (sulfide) groups is 1. The number of carbonyl (C=O) groups excluding carboxylic acids is 2. The minimum absolute atomic E-state index is 0.0736. The zero-order valence-corrected chi connectivity index (χ0v) is 13.4. The van der Waals surface area contributed by atoms with Crippen molar-refractivity contribution in [1.82, 2.24) is 5.32 Å². The third-order valence-electron chi connectivity index (χ3n) is 3.11. The standard InChI is InChI=1S/C17H18N2O2S/c1-12(20)18-11-13-3-5-14(6-4-13)17(21)19-15-7-9-16(22-2)10-8-15/h3-10H,11H2,1-2H3,(H,18,20)(H,19,21). The molecular formula is C17H18N2O2S. The van der Waals surface area contributed by atoms with E-state index in [0.717, 1.165) is 16.1 Å². The van der Waals surface area contributed by atoms with Gasteiger partial charge in [-0.3, -0.25) is 9.59 Å². The molecule has 4 nitrogen and oxygen atoms in total. The fourth-order valence-electron chi connectivity index (χ4n) is 1.88. The second-order valence-corrected chi connectivity index (χ2v) is 5.67. The summed E-state index contributed by atoms with van der Waals surface area (Å²) in [5.74, 6) is -0.224. The fourth-order valence-corrected chi connectivity index (χ4v) is 2.29. The molecule has 0 fully saturated rings. The molecule has 2 rings (SSSR count). The zero-order chi connectivity index (χ0) is 15.9. The Morgan fingerprint density at radius 2 is 1.64 bits per heavy atom. The fraction of sp³-hybridized carbons (Fsp3) is 0.176. The zero-order valence-electron chi connectivity index (χ0n) is 12.6. The first-order valence-electron chi connectivity index (χ1n) is 6.87. The molecule has 0 aromatic heterocycles. The molecule has 0 unspecified atom stereocenters. The van der Waals surface area contributed by atoms with Gasteiger partial charge in [-0.25, -0.2) is 0 Å². The van der Waals surface area contributed by atoms with Gasteiger partial charge in [-0.05, 0) is 48.2 Å². The van der Waals surface area contributed by atoms with Crippen molar-refractivity contribution in [3.8, 4) is 0 Å². The Morgan fingerprint density at radius 1 is 1.00 bits per heavy atom. The third kappa shape index (κ3) is 4.63. The van der Waals surface area contributed by atoms with Crippen molar-refractivity contribution in [3.63, 3.8) is 0 Å². The van der Waals surface area contributed by atoms with E-state index in [9.17, 15) is 9.59 Å². The predicted octanol–water partition coefficient (Wildman–Crippen LogP) is 3.30. The number of amides is 2. The summed E-state index contributed by atoms with van der Waals surface area (Å²) in [5.41, 5.74) is 2.31. The summed E-state index contributed by atoms with van der Waals surface area (Å²) in [7, 11) is 0. The lowest BCUT2D eigenvalue weighted by Gasteiger charge is -2.07. The Labute approximate surface area is 134 Å². The summed E-state index contributed by atoms with van der Waals surface area (Å²) in [6, 6.07) is 14.9. The summed E-state index contributed by atoms with van der Waals surface area (Å²) < 4.78 is 0. The highest BCUT2D eigenvalue weighted by atomic mass is 32.2. The maximum absolute atomic E-state index is 12.2. The van der Waals surface area contributed by atoms with E-state index < -0.39 is 0 Å². The van der Waals surface area contributed by atoms with Crippen molar-refractivity contribution in [2.24, 2.45) is 0 Å². The number of hydrogen-bond donors (Lipinski definition) is 2. The van der Waals surface area contributed by atoms with Crippen molar-refractivity contribution in [3.05, 3.63) is 59.7 Å². The molecule has 0 aliphatic rings. The molecule has 22 heavy (non-hydrogen) atoms. The SMILES string of the molecule is CSc1ccc(NC(=O)c2ccc(CNC(C)=O)cc2)cc1. The second-order valence-electron chi connectivity index (χ2n) is 4.79. The molecule has 0 atom stereocenters. The number of anilines is 1. The molecule has 2 aromatic rings. The Kier molecular flexibility index (Phi) is 5.61. The van der Waals surface area contributed by atoms with Gasteiger partial charge in [0.05, 0.1) is 0 Å². The molecule has 2 N–H and O–H groups in total. The summed E-state index contributed by atoms with van der Waals surface area (Å²) >= 11 is 1.66. The van der Waals surface area contributed by atoms with Crippen LogP contribution in [-0.2, 0) is 11.3 Å². The average Bonchev–Trinajstić information content (AvgIpc) is 2.54. The maximum atomic E-state index is 12.2. The smallest absolute Gasteiger partial charge is 0.255 e. The molecular weight excluding hydrogens is 296 g/mol. The van der Waals surface area contributed by atoms with Gasteiger partial charge in [0.2, 0.25) is 5.91 Å². The van der Waals surface area contributed by atoms with Crippen LogP contribution in [0.15, 0.2) is 53.4 Å². The molecule has 0 spiro atoms. The summed E-state index contributed by atoms with van der Waals surface area (Å²) in [5, 5.41) is 5.58. The normalized spacial score (nSPS) is 10.1. The molecule has 0 aliphatic carbocycles. The van der Waals surface area contributed by atoms with E-state index in [1.807, 2.05) is 42.7 Å². The van der Waals surface area contributed by atoms with Crippen LogP contribution >= 0.6 is 11.8 Å². The van der Waals surface area contributed by atoms with Crippen LogP contribution in [0.3, 0.4) is 0 Å². The number of benzene rings is 2. The van der Waals surface area contributed by atoms with Crippen molar-refractivity contribution < 1.29 is 9.59 Å². The van der Waals surface area contributed by atoms with Gasteiger partial charge in [0.15, 0.2) is 0 Å². The molecule has 5 heteroatoms. The first kappa shape index (κ1) is 16.1. The highest BCUT2D eigenvalue weighted by molar-refractivity contribution is 7.98. The van der Waals surface area contributed by atoms with Crippen LogP contribution < -0.4 is 10.6 Å². The van der Waals surface area contributed by atoms with Crippen molar-refractivity contribution in [1.29, 1.82) is 0 Å². The van der Waals surface area contributed by atoms with Crippen molar-refractivity contribution in [2.45, 2.75) is 18.4 Å². The van der Waals surface area contributed by atoms with E-state index in [4.69, 9.17) is 0 Å². The summed E-state index contributed by atoms with van der Waals surface area (Å²) in [4.78, 5) is 24.2. The summed E-state index contributed by atoms with van der Waals surface area (Å²) in [6.45, 7) is 1.94. The number of nitrogens with one attached hydrogen (secondary N) is 2. The van der Waals surface area contributed by atoms with Gasteiger partial charge in [-0.2, -0.15) is 0 Å². The van der Waals surface area contributed by atoms with E-state index in [1.165, 1.54) is 6.92 Å². The van der Waals surface area contributed by atoms with Crippen LogP contribution in [0.4, 0.5) is 5.69 Å². The highest BCUT2D eigenvalue weighted by Gasteiger charge is 2.06. The van der Waals surface area contributed by atoms with Crippen molar-refractivity contribution in [2.75, 3.05) is 11.6 Å². The molecule has 2 amide bonds. The maximum Gasteiger partial charge on any atom is 0.255 e. The quantitative estimate of drug-likeness (QED) is 0.833. The van der Waals surface area contributed by atoms with Crippen LogP contribution in [0.5, 0.6) is 0 Å². The predicted molar refractivity (Wildman–Crippen MR) is 90.1 cm³/mol. The van der Waals surface area contributed by atoms with Crippen LogP contribution in [0.25, 0.3) is 0 Å². The summed E-state index contributed by atoms with van der Waals surface area (Å²) in [6.07, 6.45) is 2.01. The lowest BCUT2D eigenvalue weighted by atomic mass is 10.1. The van der Waals surface area contributed by atoms with E-state index in [2.05, 4.69) is 10.6 Å². The molecule has 0 radical (unpaired) electrons. The number of rotatable bonds is 5. The van der Waals surface area contributed by atoms with E-state index in [1.54, 1.807) is 23.9 Å². The third-order valence-corrected chi connectivity index (χ3v) is 3.85. The Hall–Kier alpha value is -2.27. The van der Waals surface area contributed by atoms with E-state index in [-0.39, 0.29) is 11.8 Å². The molecule has 0 aliphatic heterocycles. The minimum atomic E-state index is -0.150. The van der Waals surface area contributed by atoms with E-state index >= 15 is 0 Å². The molecule has 0 saturated carbocycles. The van der Waals surface area contributed by atoms with Gasteiger partial charge in [-0.1, -0.05) is 12.1 Å². The second kappa shape index (κ2) is 7.66. The molecule has 0 saturated heterocycles. The number of hydrogen-bond acceptors (Lipinski definition) is 3. The van der Waals surface area contributed by atoms with Crippen molar-refractivity contribution >= 4 is 29.3 Å². The Bertz CT molecular complexity index is 651. The first-order chi connectivity index (χ1) is 10.6. The molecule has 114 valence electrons. The number of carbonyl (C=O) groups is 2. The van der Waals surface area contributed by atoms with Gasteiger partial charge in [0.1, 0.15) is 0 Å². The average molecular weight is 314 g/mol. The van der Waals surface area contributed by atoms with Crippen LogP contribution in [0.1, 0.15) is 22.8 Å². The first-order valence-corrected chi connectivity index (χ1v) is 8.10. The van der Waals surface area contributed by atoms with Crippen LogP contribution in [0, 0.1) is 0 Å². The molecule has 0 bridgehead atoms. The van der Waals surface area contributed by atoms with Crippen LogP contribution in [0.2, 0.25) is 0 Å². The van der Waals surface area contributed by atoms with Gasteiger partial charge in [-0.15, -0.1) is 11.8 Å². The van der Waals surface area contributed by atoms with Gasteiger partial charge < -0.3 is 10.6 Å².